The van der Waals surface area contributed by atoms with Gasteiger partial charge in [-0.1, -0.05) is 47.1 Å². The molecule has 5 rings (SSSR count). The van der Waals surface area contributed by atoms with Crippen LogP contribution < -0.4 is 0 Å². The van der Waals surface area contributed by atoms with Gasteiger partial charge in [0, 0.05) is 5.92 Å². The van der Waals surface area contributed by atoms with Crippen molar-refractivity contribution in [2.24, 2.45) is 50.2 Å². The Labute approximate surface area is 210 Å². The first-order valence-corrected chi connectivity index (χ1v) is 13.8. The third-order valence-corrected chi connectivity index (χ3v) is 13.0. The van der Waals surface area contributed by atoms with Crippen molar-refractivity contribution in [1.82, 2.24) is 0 Å². The molecule has 1 unspecified atom stereocenters. The highest BCUT2D eigenvalue weighted by Gasteiger charge is 2.72. The van der Waals surface area contributed by atoms with Crippen molar-refractivity contribution < 1.29 is 24.9 Å². The van der Waals surface area contributed by atoms with Crippen LogP contribution in [0.3, 0.4) is 0 Å². The normalized spacial score (nSPS) is 55.1. The number of aliphatic hydroxyl groups is 2. The number of aliphatic hydroxyl groups excluding tert-OH is 2. The lowest BCUT2D eigenvalue weighted by molar-refractivity contribution is -0.235. The number of carbonyl (C=O) groups is 2. The van der Waals surface area contributed by atoms with Crippen LogP contribution >= 0.6 is 0 Å². The molecule has 196 valence electrons. The van der Waals surface area contributed by atoms with Gasteiger partial charge in [0.15, 0.2) is 5.78 Å². The predicted molar refractivity (Wildman–Crippen MR) is 134 cm³/mol. The highest BCUT2D eigenvalue weighted by atomic mass is 16.4. The number of carbonyl (C=O) groups excluding carboxylic acids is 1. The Morgan fingerprint density at radius 2 is 1.54 bits per heavy atom. The molecule has 10 atom stereocenters. The maximum Gasteiger partial charge on any atom is 0.309 e. The van der Waals surface area contributed by atoms with Gasteiger partial charge in [-0.25, -0.2) is 0 Å². The summed E-state index contributed by atoms with van der Waals surface area (Å²) in [5, 5.41) is 32.7. The molecule has 0 aromatic heterocycles. The first-order valence-electron chi connectivity index (χ1n) is 13.8. The minimum absolute atomic E-state index is 0.0143. The Bertz CT molecular complexity index is 999. The van der Waals surface area contributed by atoms with Crippen LogP contribution in [0.5, 0.6) is 0 Å². The van der Waals surface area contributed by atoms with E-state index in [-0.39, 0.29) is 39.8 Å². The van der Waals surface area contributed by atoms with Crippen LogP contribution in [0.15, 0.2) is 11.6 Å². The minimum atomic E-state index is -0.767. The van der Waals surface area contributed by atoms with E-state index < -0.39 is 34.4 Å². The fraction of sp³-hybridized carbons (Fsp3) is 0.867. The second kappa shape index (κ2) is 7.22. The maximum absolute atomic E-state index is 14.2. The summed E-state index contributed by atoms with van der Waals surface area (Å²) in [4.78, 5) is 26.5. The molecule has 0 heterocycles. The van der Waals surface area contributed by atoms with E-state index in [1.165, 1.54) is 0 Å². The van der Waals surface area contributed by atoms with E-state index in [9.17, 15) is 24.9 Å². The largest absolute Gasteiger partial charge is 0.481 e. The molecule has 5 aliphatic carbocycles. The van der Waals surface area contributed by atoms with Crippen LogP contribution in [-0.2, 0) is 9.59 Å². The van der Waals surface area contributed by atoms with E-state index in [0.29, 0.717) is 25.7 Å². The SMILES string of the molecule is CC1(C)C2[C@H](O)C[C@]3(C)[C@H](C(=O)C=C4[C@H]5C[C@@](C)(C(=O)O)CC[C@]5(C)CC[C@]43C)[C@@]2(C)CC[C@@H]1O. The van der Waals surface area contributed by atoms with Gasteiger partial charge in [-0.15, -0.1) is 0 Å². The molecule has 4 fully saturated rings. The molecule has 5 nitrogen and oxygen atoms in total. The fourth-order valence-corrected chi connectivity index (χ4v) is 10.6. The molecular formula is C30H46O5. The van der Waals surface area contributed by atoms with Crippen LogP contribution in [0.25, 0.3) is 0 Å². The predicted octanol–water partition coefficient (Wildman–Crippen LogP) is 5.38. The van der Waals surface area contributed by atoms with Gasteiger partial charge >= 0.3 is 5.97 Å². The highest BCUT2D eigenvalue weighted by molar-refractivity contribution is 5.95. The Balaban J connectivity index is 1.65. The van der Waals surface area contributed by atoms with Gasteiger partial charge < -0.3 is 15.3 Å². The lowest BCUT2D eigenvalue weighted by Gasteiger charge is -2.71. The third kappa shape index (κ3) is 3.00. The van der Waals surface area contributed by atoms with E-state index in [2.05, 4.69) is 41.5 Å². The fourth-order valence-electron chi connectivity index (χ4n) is 10.6. The van der Waals surface area contributed by atoms with Gasteiger partial charge in [0.2, 0.25) is 0 Å². The Hall–Kier alpha value is -1.20. The summed E-state index contributed by atoms with van der Waals surface area (Å²) in [7, 11) is 0. The Morgan fingerprint density at radius 1 is 0.914 bits per heavy atom. The topological polar surface area (TPSA) is 94.8 Å². The minimum Gasteiger partial charge on any atom is -0.481 e. The third-order valence-electron chi connectivity index (χ3n) is 13.0. The summed E-state index contributed by atoms with van der Waals surface area (Å²) in [6.07, 6.45) is 6.95. The Morgan fingerprint density at radius 3 is 2.17 bits per heavy atom. The van der Waals surface area contributed by atoms with Crippen molar-refractivity contribution in [2.45, 2.75) is 112 Å². The number of ketones is 1. The quantitative estimate of drug-likeness (QED) is 0.462. The molecule has 0 radical (unpaired) electrons. The van der Waals surface area contributed by atoms with E-state index >= 15 is 0 Å². The van der Waals surface area contributed by atoms with Crippen molar-refractivity contribution >= 4 is 11.8 Å². The number of hydrogen-bond acceptors (Lipinski definition) is 4. The number of carboxylic acids is 1. The van der Waals surface area contributed by atoms with Crippen molar-refractivity contribution in [2.75, 3.05) is 0 Å². The number of hydrogen-bond donors (Lipinski definition) is 3. The highest BCUT2D eigenvalue weighted by Crippen LogP contribution is 2.75. The maximum atomic E-state index is 14.2. The monoisotopic (exact) mass is 486 g/mol. The summed E-state index contributed by atoms with van der Waals surface area (Å²) >= 11 is 0. The lowest BCUT2D eigenvalue weighted by atomic mass is 9.33. The van der Waals surface area contributed by atoms with Crippen LogP contribution in [0.2, 0.25) is 0 Å². The van der Waals surface area contributed by atoms with E-state index in [0.717, 1.165) is 31.3 Å². The number of fused-ring (bicyclic) bond motifs is 7. The van der Waals surface area contributed by atoms with Gasteiger partial charge in [0.25, 0.3) is 0 Å². The van der Waals surface area contributed by atoms with Crippen molar-refractivity contribution in [3.8, 4) is 0 Å². The van der Waals surface area contributed by atoms with E-state index in [1.807, 2.05) is 13.0 Å². The zero-order valence-electron chi connectivity index (χ0n) is 22.8. The molecule has 0 spiro atoms. The molecule has 5 aliphatic rings. The van der Waals surface area contributed by atoms with E-state index in [4.69, 9.17) is 0 Å². The van der Waals surface area contributed by atoms with Gasteiger partial charge in [0.1, 0.15) is 0 Å². The smallest absolute Gasteiger partial charge is 0.309 e. The lowest BCUT2D eigenvalue weighted by Crippen LogP contribution is -2.69. The first-order chi connectivity index (χ1) is 16.0. The van der Waals surface area contributed by atoms with Crippen LogP contribution in [0.1, 0.15) is 99.8 Å². The molecule has 0 aromatic carbocycles. The summed E-state index contributed by atoms with van der Waals surface area (Å²) < 4.78 is 0. The second-order valence-electron chi connectivity index (χ2n) is 15.1. The van der Waals surface area contributed by atoms with E-state index in [1.54, 1.807) is 0 Å². The summed E-state index contributed by atoms with van der Waals surface area (Å²) in [5.41, 5.74) is -1.11. The molecule has 0 aromatic rings. The zero-order valence-corrected chi connectivity index (χ0v) is 22.8. The summed E-state index contributed by atoms with van der Waals surface area (Å²) in [5.74, 6) is -0.838. The first kappa shape index (κ1) is 25.4. The Kier molecular flexibility index (Phi) is 5.25. The average molecular weight is 487 g/mol. The molecule has 3 N–H and O–H groups in total. The van der Waals surface area contributed by atoms with Gasteiger partial charge in [-0.05, 0) is 103 Å². The van der Waals surface area contributed by atoms with Gasteiger partial charge in [-0.2, -0.15) is 0 Å². The second-order valence-corrected chi connectivity index (χ2v) is 15.1. The standard InChI is InChI=1S/C30H46O5/c1-25(2)21(33)8-9-28(5)22(25)20(32)16-30(7)23(28)19(31)14-17-18-15-27(4,24(34)35)11-10-26(18,3)12-13-29(17,30)6/h14,18,20-23,32-33H,8-13,15-16H2,1-7H3,(H,34,35)/t18-,20-,21+,22?,23-,26-,27+,28+,29-,30-/m1/s1. The van der Waals surface area contributed by atoms with Crippen LogP contribution in [0, 0.1) is 50.2 Å². The van der Waals surface area contributed by atoms with Crippen molar-refractivity contribution in [3.05, 3.63) is 11.6 Å². The molecule has 0 saturated heterocycles. The van der Waals surface area contributed by atoms with Crippen LogP contribution in [0.4, 0.5) is 0 Å². The van der Waals surface area contributed by atoms with Crippen LogP contribution in [-0.4, -0.2) is 39.3 Å². The molecular weight excluding hydrogens is 440 g/mol. The zero-order chi connectivity index (χ0) is 26.0. The number of allylic oxidation sites excluding steroid dienone is 2. The molecule has 4 saturated carbocycles. The molecule has 35 heavy (non-hydrogen) atoms. The number of aliphatic carboxylic acids is 1. The molecule has 0 bridgehead atoms. The molecule has 0 aliphatic heterocycles. The summed E-state index contributed by atoms with van der Waals surface area (Å²) in [6.45, 7) is 15.0. The molecule has 0 amide bonds. The van der Waals surface area contributed by atoms with Gasteiger partial charge in [-0.3, -0.25) is 9.59 Å². The number of rotatable bonds is 1. The molecule has 5 heteroatoms. The summed E-state index contributed by atoms with van der Waals surface area (Å²) in [6, 6.07) is 0. The van der Waals surface area contributed by atoms with Crippen molar-refractivity contribution in [1.29, 1.82) is 0 Å². The van der Waals surface area contributed by atoms with Gasteiger partial charge in [0.05, 0.1) is 17.6 Å². The average Bonchev–Trinajstić information content (AvgIpc) is 2.73. The van der Waals surface area contributed by atoms with Crippen molar-refractivity contribution in [3.63, 3.8) is 0 Å². The number of carboxylic acid groups (broad SMARTS) is 1.